The number of carbonyl (C=O) groups is 1. The summed E-state index contributed by atoms with van der Waals surface area (Å²) in [5.41, 5.74) is 12.6. The summed E-state index contributed by atoms with van der Waals surface area (Å²) in [6.45, 7) is 8.93. The van der Waals surface area contributed by atoms with Gasteiger partial charge in [0.05, 0.1) is 11.6 Å². The standard InChI is InChI=1S/C30H36ClN5O/c1-20-18-33-28-26(20)27(25(19-34-28)21-7-5-4-6-8-21)35-13-15-36(16-14-35)29(37)24(17-30(2,3)32)22-9-11-23(31)12-10-22/h5,7-12,18-19,24H,4,6,13-17,32H2,1-3H3,(H,33,34)/t24-/m1/s1. The zero-order chi connectivity index (χ0) is 26.2. The molecule has 2 aromatic heterocycles. The van der Waals surface area contributed by atoms with Gasteiger partial charge in [0.15, 0.2) is 0 Å². The topological polar surface area (TPSA) is 78.2 Å². The van der Waals surface area contributed by atoms with Crippen molar-refractivity contribution in [1.82, 2.24) is 14.9 Å². The lowest BCUT2D eigenvalue weighted by Gasteiger charge is -2.39. The number of halogens is 1. The minimum atomic E-state index is -0.466. The first-order chi connectivity index (χ1) is 17.7. The molecule has 5 rings (SSSR count). The summed E-state index contributed by atoms with van der Waals surface area (Å²) < 4.78 is 0. The number of carbonyl (C=O) groups excluding carboxylic acids is 1. The maximum Gasteiger partial charge on any atom is 0.230 e. The van der Waals surface area contributed by atoms with Gasteiger partial charge in [0.2, 0.25) is 5.91 Å². The lowest BCUT2D eigenvalue weighted by molar-refractivity contribution is -0.133. The van der Waals surface area contributed by atoms with E-state index < -0.39 is 5.54 Å². The molecule has 0 unspecified atom stereocenters. The van der Waals surface area contributed by atoms with E-state index >= 15 is 0 Å². The van der Waals surface area contributed by atoms with Crippen molar-refractivity contribution >= 4 is 39.8 Å². The third kappa shape index (κ3) is 5.46. The number of anilines is 1. The van der Waals surface area contributed by atoms with Crippen molar-refractivity contribution < 1.29 is 4.79 Å². The monoisotopic (exact) mass is 517 g/mol. The Morgan fingerprint density at radius 3 is 2.54 bits per heavy atom. The molecule has 0 radical (unpaired) electrons. The minimum absolute atomic E-state index is 0.136. The van der Waals surface area contributed by atoms with Crippen LogP contribution in [0.2, 0.25) is 5.02 Å². The van der Waals surface area contributed by atoms with Crippen LogP contribution in [0.4, 0.5) is 5.69 Å². The van der Waals surface area contributed by atoms with Crippen molar-refractivity contribution in [2.24, 2.45) is 5.73 Å². The summed E-state index contributed by atoms with van der Waals surface area (Å²) >= 11 is 6.12. The van der Waals surface area contributed by atoms with E-state index in [4.69, 9.17) is 22.3 Å². The number of allylic oxidation sites excluding steroid dienone is 4. The molecule has 0 bridgehead atoms. The van der Waals surface area contributed by atoms with Crippen LogP contribution in [-0.4, -0.2) is 52.5 Å². The number of H-pyrrole nitrogens is 1. The van der Waals surface area contributed by atoms with Gasteiger partial charge in [0.25, 0.3) is 0 Å². The van der Waals surface area contributed by atoms with Gasteiger partial charge < -0.3 is 20.5 Å². The number of nitrogens with one attached hydrogen (secondary N) is 1. The van der Waals surface area contributed by atoms with Crippen LogP contribution in [0, 0.1) is 6.92 Å². The van der Waals surface area contributed by atoms with Crippen LogP contribution in [0.25, 0.3) is 16.6 Å². The lowest BCUT2D eigenvalue weighted by Crippen LogP contribution is -2.51. The Balaban J connectivity index is 1.41. The molecule has 1 amide bonds. The molecule has 0 saturated carbocycles. The molecule has 3 N–H and O–H groups in total. The first-order valence-electron chi connectivity index (χ1n) is 13.1. The molecular formula is C30H36ClN5O. The third-order valence-electron chi connectivity index (χ3n) is 7.39. The van der Waals surface area contributed by atoms with Crippen LogP contribution in [-0.2, 0) is 4.79 Å². The number of piperazine rings is 1. The molecule has 7 heteroatoms. The van der Waals surface area contributed by atoms with Crippen molar-refractivity contribution in [3.05, 3.63) is 76.6 Å². The predicted molar refractivity (Wildman–Crippen MR) is 153 cm³/mol. The minimum Gasteiger partial charge on any atom is -0.367 e. The van der Waals surface area contributed by atoms with Crippen LogP contribution < -0.4 is 10.6 Å². The second-order valence-corrected chi connectivity index (χ2v) is 11.4. The molecule has 3 aromatic rings. The largest absolute Gasteiger partial charge is 0.367 e. The Hall–Kier alpha value is -3.09. The molecule has 1 fully saturated rings. The van der Waals surface area contributed by atoms with Crippen LogP contribution >= 0.6 is 11.6 Å². The van der Waals surface area contributed by atoms with E-state index in [9.17, 15) is 4.79 Å². The molecule has 1 aromatic carbocycles. The highest BCUT2D eigenvalue weighted by Crippen LogP contribution is 2.38. The molecule has 1 atom stereocenters. The molecule has 1 aliphatic heterocycles. The Labute approximate surface area is 224 Å². The number of rotatable bonds is 6. The van der Waals surface area contributed by atoms with E-state index in [0.29, 0.717) is 24.5 Å². The van der Waals surface area contributed by atoms with E-state index in [0.717, 1.165) is 42.7 Å². The number of nitrogens with two attached hydrogens (primary N) is 1. The van der Waals surface area contributed by atoms with E-state index in [-0.39, 0.29) is 11.8 Å². The fourth-order valence-electron chi connectivity index (χ4n) is 5.53. The van der Waals surface area contributed by atoms with Gasteiger partial charge in [-0.05, 0) is 68.9 Å². The highest BCUT2D eigenvalue weighted by atomic mass is 35.5. The number of hydrogen-bond acceptors (Lipinski definition) is 4. The van der Waals surface area contributed by atoms with Gasteiger partial charge in [-0.25, -0.2) is 4.98 Å². The van der Waals surface area contributed by atoms with Gasteiger partial charge in [-0.2, -0.15) is 0 Å². The summed E-state index contributed by atoms with van der Waals surface area (Å²) in [5, 5.41) is 1.83. The second-order valence-electron chi connectivity index (χ2n) is 11.0. The number of nitrogens with zero attached hydrogens (tertiary/aromatic N) is 3. The molecular weight excluding hydrogens is 482 g/mol. The number of aromatic amines is 1. The zero-order valence-electron chi connectivity index (χ0n) is 21.9. The predicted octanol–water partition coefficient (Wildman–Crippen LogP) is 5.82. The third-order valence-corrected chi connectivity index (χ3v) is 7.64. The fourth-order valence-corrected chi connectivity index (χ4v) is 5.65. The van der Waals surface area contributed by atoms with Crippen molar-refractivity contribution in [3.63, 3.8) is 0 Å². The number of aryl methyl sites for hydroxylation is 1. The van der Waals surface area contributed by atoms with Gasteiger partial charge in [0, 0.05) is 60.1 Å². The normalized spacial score (nSPS) is 17.3. The molecule has 37 heavy (non-hydrogen) atoms. The highest BCUT2D eigenvalue weighted by Gasteiger charge is 2.33. The number of aromatic nitrogens is 2. The fraction of sp³-hybridized carbons (Fsp3) is 0.400. The molecule has 6 nitrogen and oxygen atoms in total. The van der Waals surface area contributed by atoms with Gasteiger partial charge in [-0.1, -0.05) is 42.0 Å². The first kappa shape index (κ1) is 25.6. The highest BCUT2D eigenvalue weighted by molar-refractivity contribution is 6.30. The maximum absolute atomic E-state index is 13.8. The summed E-state index contributed by atoms with van der Waals surface area (Å²) in [6.07, 6.45) is 13.5. The number of pyridine rings is 1. The van der Waals surface area contributed by atoms with Gasteiger partial charge >= 0.3 is 0 Å². The van der Waals surface area contributed by atoms with Crippen molar-refractivity contribution in [3.8, 4) is 0 Å². The maximum atomic E-state index is 13.8. The number of benzene rings is 1. The molecule has 2 aliphatic rings. The van der Waals surface area contributed by atoms with Crippen molar-refractivity contribution in [2.45, 2.75) is 51.5 Å². The Morgan fingerprint density at radius 1 is 1.16 bits per heavy atom. The first-order valence-corrected chi connectivity index (χ1v) is 13.5. The van der Waals surface area contributed by atoms with E-state index in [1.54, 1.807) is 0 Å². The lowest BCUT2D eigenvalue weighted by atomic mass is 9.85. The van der Waals surface area contributed by atoms with Crippen LogP contribution in [0.3, 0.4) is 0 Å². The summed E-state index contributed by atoms with van der Waals surface area (Å²) in [5.74, 6) is -0.159. The quantitative estimate of drug-likeness (QED) is 0.432. The van der Waals surface area contributed by atoms with Gasteiger partial charge in [-0.3, -0.25) is 4.79 Å². The summed E-state index contributed by atoms with van der Waals surface area (Å²) in [4.78, 5) is 26.3. The SMILES string of the molecule is Cc1c[nH]c2ncc(C3=CCCC=C3)c(N3CCN(C(=O)[C@H](CC(C)(C)N)c4ccc(Cl)cc4)CC3)c12. The second kappa shape index (κ2) is 10.3. The van der Waals surface area contributed by atoms with Gasteiger partial charge in [-0.15, -0.1) is 0 Å². The molecule has 1 aliphatic carbocycles. The van der Waals surface area contributed by atoms with Gasteiger partial charge in [0.1, 0.15) is 5.65 Å². The van der Waals surface area contributed by atoms with Crippen LogP contribution in [0.5, 0.6) is 0 Å². The summed E-state index contributed by atoms with van der Waals surface area (Å²) in [7, 11) is 0. The molecule has 3 heterocycles. The van der Waals surface area contributed by atoms with Crippen molar-refractivity contribution in [1.29, 1.82) is 0 Å². The smallest absolute Gasteiger partial charge is 0.230 e. The Bertz CT molecular complexity index is 1340. The number of amides is 1. The zero-order valence-corrected chi connectivity index (χ0v) is 22.7. The molecule has 194 valence electrons. The van der Waals surface area contributed by atoms with Crippen LogP contribution in [0.15, 0.2) is 54.9 Å². The average Bonchev–Trinajstić information content (AvgIpc) is 3.28. The Kier molecular flexibility index (Phi) is 7.15. The van der Waals surface area contributed by atoms with E-state index in [1.807, 2.05) is 55.4 Å². The number of fused-ring (bicyclic) bond motifs is 1. The van der Waals surface area contributed by atoms with Crippen LogP contribution in [0.1, 0.15) is 55.7 Å². The van der Waals surface area contributed by atoms with E-state index in [1.165, 1.54) is 22.2 Å². The van der Waals surface area contributed by atoms with Crippen molar-refractivity contribution in [2.75, 3.05) is 31.1 Å². The average molecular weight is 518 g/mol. The van der Waals surface area contributed by atoms with E-state index in [2.05, 4.69) is 35.0 Å². The summed E-state index contributed by atoms with van der Waals surface area (Å²) in [6, 6.07) is 7.60. The molecule has 1 saturated heterocycles. The molecule has 0 spiro atoms. The number of hydrogen-bond donors (Lipinski definition) is 2. The Morgan fingerprint density at radius 2 is 1.89 bits per heavy atom.